The van der Waals surface area contributed by atoms with Crippen molar-refractivity contribution in [3.05, 3.63) is 33.7 Å². The maximum absolute atomic E-state index is 12.4. The lowest BCUT2D eigenvalue weighted by atomic mass is 10.2. The van der Waals surface area contributed by atoms with Gasteiger partial charge in [-0.1, -0.05) is 11.8 Å². The zero-order valence-corrected chi connectivity index (χ0v) is 9.31. The molecule has 0 aliphatic carbocycles. The van der Waals surface area contributed by atoms with E-state index in [9.17, 15) is 22.8 Å². The van der Waals surface area contributed by atoms with Gasteiger partial charge in [-0.2, -0.15) is 13.2 Å². The Labute approximate surface area is 100 Å². The third kappa shape index (κ3) is 3.97. The molecule has 0 aromatic carbocycles. The van der Waals surface area contributed by atoms with Gasteiger partial charge in [0.1, 0.15) is 0 Å². The first-order valence-corrected chi connectivity index (χ1v) is 4.84. The molecule has 1 amide bonds. The molecule has 2 N–H and O–H groups in total. The van der Waals surface area contributed by atoms with Gasteiger partial charge in [-0.25, -0.2) is 0 Å². The van der Waals surface area contributed by atoms with Crippen molar-refractivity contribution in [3.63, 3.8) is 0 Å². The lowest BCUT2D eigenvalue weighted by Gasteiger charge is -2.05. The van der Waals surface area contributed by atoms with Crippen molar-refractivity contribution in [2.75, 3.05) is 6.54 Å². The molecule has 7 heteroatoms. The fourth-order valence-electron chi connectivity index (χ4n) is 1.05. The van der Waals surface area contributed by atoms with E-state index in [1.54, 1.807) is 0 Å². The second-order valence-corrected chi connectivity index (χ2v) is 3.34. The number of H-pyrrole nitrogens is 1. The van der Waals surface area contributed by atoms with E-state index in [2.05, 4.69) is 17.2 Å². The standard InChI is InChI=1S/C11H9F3N2O2/c1-7(17)15-4-2-3-8-5-9(11(12,13)14)6-16-10(8)18/h5-6H,4H2,1H3,(H,15,17)(H,16,18). The molecule has 1 rings (SSSR count). The maximum Gasteiger partial charge on any atom is 0.417 e. The van der Waals surface area contributed by atoms with Gasteiger partial charge in [0.05, 0.1) is 17.7 Å². The quantitative estimate of drug-likeness (QED) is 0.734. The van der Waals surface area contributed by atoms with Crippen LogP contribution in [0.15, 0.2) is 17.1 Å². The number of pyridine rings is 1. The summed E-state index contributed by atoms with van der Waals surface area (Å²) in [6.45, 7) is 1.24. The summed E-state index contributed by atoms with van der Waals surface area (Å²) in [4.78, 5) is 23.7. The molecule has 96 valence electrons. The van der Waals surface area contributed by atoms with Gasteiger partial charge >= 0.3 is 6.18 Å². The molecule has 0 spiro atoms. The van der Waals surface area contributed by atoms with Crippen LogP contribution in [0, 0.1) is 11.8 Å². The Hall–Kier alpha value is -2.23. The van der Waals surface area contributed by atoms with E-state index in [1.165, 1.54) is 6.92 Å². The van der Waals surface area contributed by atoms with E-state index in [0.717, 1.165) is 0 Å². The first-order chi connectivity index (χ1) is 8.30. The maximum atomic E-state index is 12.4. The number of carbonyl (C=O) groups is 1. The number of aromatic nitrogens is 1. The number of halogens is 3. The molecule has 4 nitrogen and oxygen atoms in total. The second kappa shape index (κ2) is 5.40. The molecule has 0 bridgehead atoms. The van der Waals surface area contributed by atoms with Crippen molar-refractivity contribution in [1.29, 1.82) is 0 Å². The summed E-state index contributed by atoms with van der Waals surface area (Å²) < 4.78 is 37.1. The number of nitrogens with one attached hydrogen (secondary N) is 2. The minimum atomic E-state index is -4.54. The molecule has 0 radical (unpaired) electrons. The fraction of sp³-hybridized carbons (Fsp3) is 0.273. The average molecular weight is 258 g/mol. The molecule has 1 aromatic heterocycles. The van der Waals surface area contributed by atoms with Crippen molar-refractivity contribution < 1.29 is 18.0 Å². The van der Waals surface area contributed by atoms with Crippen LogP contribution in [0.4, 0.5) is 13.2 Å². The number of hydrogen-bond donors (Lipinski definition) is 2. The average Bonchev–Trinajstić information content (AvgIpc) is 2.24. The Kier molecular flexibility index (Phi) is 4.15. The zero-order chi connectivity index (χ0) is 13.8. The van der Waals surface area contributed by atoms with Crippen LogP contribution >= 0.6 is 0 Å². The lowest BCUT2D eigenvalue weighted by Crippen LogP contribution is -2.20. The second-order valence-electron chi connectivity index (χ2n) is 3.34. The number of aromatic amines is 1. The normalized spacial score (nSPS) is 10.4. The first kappa shape index (κ1) is 13.8. The first-order valence-electron chi connectivity index (χ1n) is 4.84. The van der Waals surface area contributed by atoms with Crippen LogP contribution in [-0.2, 0) is 11.0 Å². The Morgan fingerprint density at radius 3 is 2.72 bits per heavy atom. The van der Waals surface area contributed by atoms with Crippen LogP contribution < -0.4 is 10.9 Å². The zero-order valence-electron chi connectivity index (χ0n) is 9.31. The van der Waals surface area contributed by atoms with E-state index in [0.29, 0.717) is 12.3 Å². The molecular formula is C11H9F3N2O2. The SMILES string of the molecule is CC(=O)NCC#Cc1cc(C(F)(F)F)c[nH]c1=O. The number of alkyl halides is 3. The smallest absolute Gasteiger partial charge is 0.345 e. The van der Waals surface area contributed by atoms with E-state index < -0.39 is 17.3 Å². The van der Waals surface area contributed by atoms with E-state index in [-0.39, 0.29) is 18.0 Å². The molecular weight excluding hydrogens is 249 g/mol. The number of hydrogen-bond acceptors (Lipinski definition) is 2. The third-order valence-electron chi connectivity index (χ3n) is 1.88. The van der Waals surface area contributed by atoms with Gasteiger partial charge in [0.2, 0.25) is 5.91 Å². The molecule has 1 heterocycles. The van der Waals surface area contributed by atoms with Crippen LogP contribution in [0.5, 0.6) is 0 Å². The van der Waals surface area contributed by atoms with E-state index >= 15 is 0 Å². The highest BCUT2D eigenvalue weighted by atomic mass is 19.4. The van der Waals surface area contributed by atoms with Crippen molar-refractivity contribution in [2.45, 2.75) is 13.1 Å². The molecule has 0 fully saturated rings. The van der Waals surface area contributed by atoms with Gasteiger partial charge in [0.25, 0.3) is 5.56 Å². The Bertz CT molecular complexity index is 564. The minimum absolute atomic E-state index is 0.0367. The number of carbonyl (C=O) groups excluding carboxylic acids is 1. The number of rotatable bonds is 1. The van der Waals surface area contributed by atoms with Gasteiger partial charge in [0.15, 0.2) is 0 Å². The third-order valence-corrected chi connectivity index (χ3v) is 1.88. The summed E-state index contributed by atoms with van der Waals surface area (Å²) in [7, 11) is 0. The molecule has 18 heavy (non-hydrogen) atoms. The molecule has 0 saturated carbocycles. The van der Waals surface area contributed by atoms with Crippen molar-refractivity contribution in [2.24, 2.45) is 0 Å². The van der Waals surface area contributed by atoms with Gasteiger partial charge in [-0.3, -0.25) is 9.59 Å². The largest absolute Gasteiger partial charge is 0.417 e. The lowest BCUT2D eigenvalue weighted by molar-refractivity contribution is -0.137. The summed E-state index contributed by atoms with van der Waals surface area (Å²) in [5.41, 5.74) is -1.99. The highest BCUT2D eigenvalue weighted by Gasteiger charge is 2.31. The van der Waals surface area contributed by atoms with Crippen LogP contribution in [0.1, 0.15) is 18.1 Å². The summed E-state index contributed by atoms with van der Waals surface area (Å²) in [6.07, 6.45) is -3.96. The van der Waals surface area contributed by atoms with Crippen LogP contribution in [0.3, 0.4) is 0 Å². The van der Waals surface area contributed by atoms with Gasteiger partial charge < -0.3 is 10.3 Å². The fourth-order valence-corrected chi connectivity index (χ4v) is 1.05. The summed E-state index contributed by atoms with van der Waals surface area (Å²) in [5.74, 6) is 4.34. The van der Waals surface area contributed by atoms with Gasteiger partial charge in [-0.05, 0) is 6.07 Å². The highest BCUT2D eigenvalue weighted by Crippen LogP contribution is 2.28. The van der Waals surface area contributed by atoms with E-state index in [4.69, 9.17) is 0 Å². The van der Waals surface area contributed by atoms with Gasteiger partial charge in [0, 0.05) is 13.1 Å². The Balaban J connectivity index is 2.95. The van der Waals surface area contributed by atoms with Crippen molar-refractivity contribution in [1.82, 2.24) is 10.3 Å². The predicted octanol–water partition coefficient (Wildman–Crippen LogP) is 0.881. The summed E-state index contributed by atoms with van der Waals surface area (Å²) in [5, 5.41) is 2.33. The van der Waals surface area contributed by atoms with E-state index in [1.807, 2.05) is 4.98 Å². The number of amides is 1. The Morgan fingerprint density at radius 2 is 2.17 bits per heavy atom. The van der Waals surface area contributed by atoms with Crippen molar-refractivity contribution in [3.8, 4) is 11.8 Å². The topological polar surface area (TPSA) is 62.0 Å². The molecule has 0 aliphatic rings. The predicted molar refractivity (Wildman–Crippen MR) is 57.6 cm³/mol. The van der Waals surface area contributed by atoms with Crippen LogP contribution in [-0.4, -0.2) is 17.4 Å². The Morgan fingerprint density at radius 1 is 1.50 bits per heavy atom. The molecule has 0 aliphatic heterocycles. The monoisotopic (exact) mass is 258 g/mol. The summed E-state index contributed by atoms with van der Waals surface area (Å²) >= 11 is 0. The van der Waals surface area contributed by atoms with Gasteiger partial charge in [-0.15, -0.1) is 0 Å². The van der Waals surface area contributed by atoms with Crippen molar-refractivity contribution >= 4 is 5.91 Å². The molecule has 0 saturated heterocycles. The van der Waals surface area contributed by atoms with Crippen LogP contribution in [0.25, 0.3) is 0 Å². The molecule has 1 aromatic rings. The minimum Gasteiger partial charge on any atom is -0.345 e. The molecule has 0 atom stereocenters. The highest BCUT2D eigenvalue weighted by molar-refractivity contribution is 5.73. The molecule has 0 unspecified atom stereocenters. The summed E-state index contributed by atoms with van der Waals surface area (Å²) in [6, 6.07) is 0.666. The van der Waals surface area contributed by atoms with Crippen LogP contribution in [0.2, 0.25) is 0 Å².